The Morgan fingerprint density at radius 1 is 1.42 bits per heavy atom. The van der Waals surface area contributed by atoms with Crippen molar-refractivity contribution in [3.8, 4) is 11.5 Å². The van der Waals surface area contributed by atoms with Crippen molar-refractivity contribution < 1.29 is 17.9 Å². The monoisotopic (exact) mass is 322 g/mol. The Labute approximate surface area is 121 Å². The Hall–Kier alpha value is -0.590. The predicted molar refractivity (Wildman–Crippen MR) is 77.8 cm³/mol. The molecule has 1 fully saturated rings. The summed E-state index contributed by atoms with van der Waals surface area (Å²) < 4.78 is 33.3. The molecule has 1 aromatic carbocycles. The zero-order valence-corrected chi connectivity index (χ0v) is 12.9. The van der Waals surface area contributed by atoms with E-state index in [1.54, 1.807) is 25.3 Å². The molecule has 1 saturated heterocycles. The van der Waals surface area contributed by atoms with Crippen molar-refractivity contribution in [1.82, 2.24) is 0 Å². The van der Waals surface area contributed by atoms with Gasteiger partial charge in [-0.05, 0) is 29.9 Å². The lowest BCUT2D eigenvalue weighted by Gasteiger charge is -2.16. The maximum absolute atomic E-state index is 11.1. The van der Waals surface area contributed by atoms with Crippen LogP contribution in [0, 0.1) is 0 Å². The number of thioether (sulfide) groups is 1. The lowest BCUT2D eigenvalue weighted by Crippen LogP contribution is -2.15. The Kier molecular flexibility index (Phi) is 4.86. The molecular weight excluding hydrogens is 308 g/mol. The quantitative estimate of drug-likeness (QED) is 0.780. The van der Waals surface area contributed by atoms with Crippen molar-refractivity contribution in [2.75, 3.05) is 18.6 Å². The lowest BCUT2D eigenvalue weighted by atomic mass is 10.2. The average Bonchev–Trinajstić information content (AvgIpc) is 2.80. The molecule has 0 spiro atoms. The van der Waals surface area contributed by atoms with Gasteiger partial charge in [-0.3, -0.25) is 0 Å². The summed E-state index contributed by atoms with van der Waals surface area (Å²) >= 11 is 1.85. The largest absolute Gasteiger partial charge is 0.493 e. The zero-order valence-electron chi connectivity index (χ0n) is 10.5. The third kappa shape index (κ3) is 4.47. The lowest BCUT2D eigenvalue weighted by molar-refractivity contribution is 0.218. The molecule has 0 aromatic heterocycles. The minimum absolute atomic E-state index is 0.154. The van der Waals surface area contributed by atoms with E-state index in [0.717, 1.165) is 17.9 Å². The molecule has 7 heteroatoms. The van der Waals surface area contributed by atoms with Crippen LogP contribution < -0.4 is 9.47 Å². The summed E-state index contributed by atoms with van der Waals surface area (Å²) in [5.74, 6) is 3.00. The number of halogens is 1. The Morgan fingerprint density at radius 3 is 2.79 bits per heavy atom. The SMILES string of the molecule is COc1ccc(CS(=O)(=O)Cl)cc1OC1CCSC1. The van der Waals surface area contributed by atoms with E-state index in [-0.39, 0.29) is 11.9 Å². The van der Waals surface area contributed by atoms with Crippen LogP contribution in [0.4, 0.5) is 0 Å². The van der Waals surface area contributed by atoms with Crippen molar-refractivity contribution in [1.29, 1.82) is 0 Å². The Morgan fingerprint density at radius 2 is 2.21 bits per heavy atom. The highest BCUT2D eigenvalue weighted by Gasteiger charge is 2.19. The first-order valence-corrected chi connectivity index (χ1v) is 9.45. The van der Waals surface area contributed by atoms with Crippen LogP contribution in [0.5, 0.6) is 11.5 Å². The van der Waals surface area contributed by atoms with Gasteiger partial charge in [0.2, 0.25) is 9.05 Å². The fourth-order valence-corrected chi connectivity index (χ4v) is 3.94. The van der Waals surface area contributed by atoms with Crippen molar-refractivity contribution in [3.05, 3.63) is 23.8 Å². The molecular formula is C12H15ClO4S2. The number of hydrogen-bond donors (Lipinski definition) is 0. The van der Waals surface area contributed by atoms with Crippen molar-refractivity contribution in [2.24, 2.45) is 0 Å². The van der Waals surface area contributed by atoms with Crippen molar-refractivity contribution in [3.63, 3.8) is 0 Å². The first-order chi connectivity index (χ1) is 8.98. The van der Waals surface area contributed by atoms with Gasteiger partial charge in [-0.25, -0.2) is 8.42 Å². The number of benzene rings is 1. The molecule has 19 heavy (non-hydrogen) atoms. The molecule has 0 bridgehead atoms. The Balaban J connectivity index is 2.20. The average molecular weight is 323 g/mol. The van der Waals surface area contributed by atoms with E-state index in [4.69, 9.17) is 20.2 Å². The first-order valence-electron chi connectivity index (χ1n) is 5.81. The summed E-state index contributed by atoms with van der Waals surface area (Å²) in [4.78, 5) is 0. The molecule has 0 saturated carbocycles. The summed E-state index contributed by atoms with van der Waals surface area (Å²) in [6, 6.07) is 5.06. The van der Waals surface area contributed by atoms with Gasteiger partial charge in [0.1, 0.15) is 6.10 Å². The maximum atomic E-state index is 11.1. The number of methoxy groups -OCH3 is 1. The van der Waals surface area contributed by atoms with E-state index < -0.39 is 9.05 Å². The van der Waals surface area contributed by atoms with Crippen molar-refractivity contribution >= 4 is 31.5 Å². The molecule has 1 atom stereocenters. The number of rotatable bonds is 5. The third-order valence-electron chi connectivity index (χ3n) is 2.75. The summed E-state index contributed by atoms with van der Waals surface area (Å²) in [6.07, 6.45) is 1.15. The van der Waals surface area contributed by atoms with Crippen molar-refractivity contribution in [2.45, 2.75) is 18.3 Å². The van der Waals surface area contributed by atoms with E-state index in [2.05, 4.69) is 0 Å². The van der Waals surface area contributed by atoms with Crippen LogP contribution in [0.15, 0.2) is 18.2 Å². The fourth-order valence-electron chi connectivity index (χ4n) is 1.89. The standard InChI is InChI=1S/C12H15ClO4S2/c1-16-11-3-2-9(8-19(13,14)15)6-12(11)17-10-4-5-18-7-10/h2-3,6,10H,4-5,7-8H2,1H3. The first kappa shape index (κ1) is 14.8. The van der Waals surface area contributed by atoms with Gasteiger partial charge in [-0.15, -0.1) is 0 Å². The van der Waals surface area contributed by atoms with Gasteiger partial charge in [0.15, 0.2) is 11.5 Å². The van der Waals surface area contributed by atoms with Crippen LogP contribution in [0.1, 0.15) is 12.0 Å². The van der Waals surface area contributed by atoms with Crippen LogP contribution >= 0.6 is 22.4 Å². The van der Waals surface area contributed by atoms with Gasteiger partial charge in [-0.1, -0.05) is 6.07 Å². The summed E-state index contributed by atoms with van der Waals surface area (Å²) in [5, 5.41) is 0. The molecule has 0 amide bonds. The van der Waals surface area contributed by atoms with E-state index >= 15 is 0 Å². The van der Waals surface area contributed by atoms with E-state index in [9.17, 15) is 8.42 Å². The molecule has 0 radical (unpaired) electrons. The fraction of sp³-hybridized carbons (Fsp3) is 0.500. The Bertz CT molecular complexity index is 539. The molecule has 1 heterocycles. The highest BCUT2D eigenvalue weighted by molar-refractivity contribution is 8.13. The van der Waals surface area contributed by atoms with Gasteiger partial charge in [0.05, 0.1) is 12.9 Å². The molecule has 1 aliphatic rings. The van der Waals surface area contributed by atoms with Crippen LogP contribution in [-0.4, -0.2) is 33.1 Å². The second kappa shape index (κ2) is 6.24. The zero-order chi connectivity index (χ0) is 13.9. The van der Waals surface area contributed by atoms with Crippen LogP contribution in [-0.2, 0) is 14.8 Å². The second-order valence-electron chi connectivity index (χ2n) is 4.27. The third-order valence-corrected chi connectivity index (χ3v) is 4.89. The predicted octanol–water partition coefficient (Wildman–Crippen LogP) is 2.65. The van der Waals surface area contributed by atoms with Gasteiger partial charge >= 0.3 is 0 Å². The molecule has 106 valence electrons. The number of ether oxygens (including phenoxy) is 2. The maximum Gasteiger partial charge on any atom is 0.236 e. The normalized spacial score (nSPS) is 19.4. The number of hydrogen-bond acceptors (Lipinski definition) is 5. The highest BCUT2D eigenvalue weighted by atomic mass is 35.7. The molecule has 1 aliphatic heterocycles. The van der Waals surface area contributed by atoms with E-state index in [0.29, 0.717) is 17.1 Å². The summed E-state index contributed by atoms with van der Waals surface area (Å²) in [6.45, 7) is 0. The topological polar surface area (TPSA) is 52.6 Å². The van der Waals surface area contributed by atoms with Crippen LogP contribution in [0.25, 0.3) is 0 Å². The van der Waals surface area contributed by atoms with E-state index in [1.807, 2.05) is 11.8 Å². The van der Waals surface area contributed by atoms with Gasteiger partial charge in [-0.2, -0.15) is 11.8 Å². The molecule has 0 N–H and O–H groups in total. The molecule has 4 nitrogen and oxygen atoms in total. The summed E-state index contributed by atoms with van der Waals surface area (Å²) in [7, 11) is 3.25. The van der Waals surface area contributed by atoms with Gasteiger partial charge in [0, 0.05) is 16.4 Å². The minimum Gasteiger partial charge on any atom is -0.493 e. The van der Waals surface area contributed by atoms with Crippen LogP contribution in [0.2, 0.25) is 0 Å². The van der Waals surface area contributed by atoms with Crippen LogP contribution in [0.3, 0.4) is 0 Å². The van der Waals surface area contributed by atoms with E-state index in [1.165, 1.54) is 0 Å². The molecule has 1 unspecified atom stereocenters. The molecule has 1 aromatic rings. The highest BCUT2D eigenvalue weighted by Crippen LogP contribution is 2.32. The molecule has 2 rings (SSSR count). The molecule has 0 aliphatic carbocycles. The summed E-state index contributed by atoms with van der Waals surface area (Å²) in [5.41, 5.74) is 0.594. The minimum atomic E-state index is -3.57. The van der Waals surface area contributed by atoms with Gasteiger partial charge < -0.3 is 9.47 Å². The van der Waals surface area contributed by atoms with Gasteiger partial charge in [0.25, 0.3) is 0 Å². The second-order valence-corrected chi connectivity index (χ2v) is 8.20. The smallest absolute Gasteiger partial charge is 0.236 e.